The first-order valence-electron chi connectivity index (χ1n) is 7.39. The zero-order chi connectivity index (χ0) is 15.3. The number of aryl methyl sites for hydroxylation is 1. The summed E-state index contributed by atoms with van der Waals surface area (Å²) in [5.41, 5.74) is 3.17. The second kappa shape index (κ2) is 6.57. The van der Waals surface area contributed by atoms with Gasteiger partial charge in [0.2, 0.25) is 0 Å². The van der Waals surface area contributed by atoms with E-state index in [9.17, 15) is 4.79 Å². The number of ketones is 1. The maximum atomic E-state index is 11.3. The third-order valence-electron chi connectivity index (χ3n) is 3.66. The Morgan fingerprint density at radius 3 is 2.19 bits per heavy atom. The fourth-order valence-corrected chi connectivity index (χ4v) is 2.34. The van der Waals surface area contributed by atoms with Crippen molar-refractivity contribution in [3.8, 4) is 0 Å². The third-order valence-corrected chi connectivity index (χ3v) is 3.66. The van der Waals surface area contributed by atoms with Crippen molar-refractivity contribution < 1.29 is 4.79 Å². The first kappa shape index (κ1) is 15.3. The first-order chi connectivity index (χ1) is 9.96. The molecule has 0 aliphatic carbocycles. The van der Waals surface area contributed by atoms with Gasteiger partial charge in [-0.15, -0.1) is 0 Å². The van der Waals surface area contributed by atoms with Gasteiger partial charge in [0.15, 0.2) is 5.78 Å². The maximum absolute atomic E-state index is 11.3. The van der Waals surface area contributed by atoms with Crippen LogP contribution in [0.4, 0.5) is 5.69 Å². The molecule has 2 aromatic rings. The molecule has 2 rings (SSSR count). The van der Waals surface area contributed by atoms with Crippen molar-refractivity contribution in [2.75, 3.05) is 5.32 Å². The molecule has 0 aliphatic rings. The minimum Gasteiger partial charge on any atom is -0.380 e. The highest BCUT2D eigenvalue weighted by Gasteiger charge is 2.17. The number of rotatable bonds is 6. The van der Waals surface area contributed by atoms with Crippen LogP contribution in [-0.2, 0) is 6.42 Å². The molecule has 0 atom stereocenters. The van der Waals surface area contributed by atoms with Gasteiger partial charge in [-0.2, -0.15) is 0 Å². The lowest BCUT2D eigenvalue weighted by Gasteiger charge is -2.28. The lowest BCUT2D eigenvalue weighted by molar-refractivity contribution is 0.101. The van der Waals surface area contributed by atoms with Gasteiger partial charge in [0, 0.05) is 16.8 Å². The lowest BCUT2D eigenvalue weighted by Crippen LogP contribution is -2.31. The molecule has 0 saturated carbocycles. The normalized spacial score (nSPS) is 11.2. The van der Waals surface area contributed by atoms with E-state index in [1.54, 1.807) is 6.92 Å². The largest absolute Gasteiger partial charge is 0.380 e. The van der Waals surface area contributed by atoms with Crippen molar-refractivity contribution >= 4 is 11.5 Å². The number of hydrogen-bond donors (Lipinski definition) is 1. The maximum Gasteiger partial charge on any atom is 0.159 e. The summed E-state index contributed by atoms with van der Waals surface area (Å²) in [4.78, 5) is 11.3. The van der Waals surface area contributed by atoms with Crippen LogP contribution in [0.2, 0.25) is 0 Å². The zero-order valence-electron chi connectivity index (χ0n) is 13.0. The van der Waals surface area contributed by atoms with Crippen LogP contribution >= 0.6 is 0 Å². The average Bonchev–Trinajstić information content (AvgIpc) is 2.46. The molecule has 2 nitrogen and oxygen atoms in total. The molecule has 2 heteroatoms. The average molecular weight is 281 g/mol. The summed E-state index contributed by atoms with van der Waals surface area (Å²) in [7, 11) is 0. The van der Waals surface area contributed by atoms with E-state index >= 15 is 0 Å². The van der Waals surface area contributed by atoms with Crippen LogP contribution < -0.4 is 5.32 Å². The van der Waals surface area contributed by atoms with Crippen LogP contribution in [0.15, 0.2) is 54.6 Å². The van der Waals surface area contributed by atoms with E-state index in [0.29, 0.717) is 0 Å². The van der Waals surface area contributed by atoms with Crippen LogP contribution in [-0.4, -0.2) is 11.3 Å². The summed E-state index contributed by atoms with van der Waals surface area (Å²) >= 11 is 0. The Morgan fingerprint density at radius 2 is 1.62 bits per heavy atom. The standard InChI is InChI=1S/C19H23NO/c1-15(21)17-9-11-18(12-10-17)20-19(2,3)14-13-16-7-5-4-6-8-16/h4-12,20H,13-14H2,1-3H3. The van der Waals surface area contributed by atoms with Crippen molar-refractivity contribution in [1.82, 2.24) is 0 Å². The molecule has 0 amide bonds. The molecule has 21 heavy (non-hydrogen) atoms. The summed E-state index contributed by atoms with van der Waals surface area (Å²) < 4.78 is 0. The molecule has 1 N–H and O–H groups in total. The van der Waals surface area contributed by atoms with E-state index in [4.69, 9.17) is 0 Å². The van der Waals surface area contributed by atoms with Crippen molar-refractivity contribution in [2.24, 2.45) is 0 Å². The van der Waals surface area contributed by atoms with Crippen molar-refractivity contribution in [3.05, 3.63) is 65.7 Å². The van der Waals surface area contributed by atoms with E-state index in [2.05, 4.69) is 43.4 Å². The fraction of sp³-hybridized carbons (Fsp3) is 0.316. The molecule has 0 spiro atoms. The molecular formula is C19H23NO. The molecule has 0 radical (unpaired) electrons. The number of anilines is 1. The summed E-state index contributed by atoms with van der Waals surface area (Å²) in [6, 6.07) is 18.2. The summed E-state index contributed by atoms with van der Waals surface area (Å²) in [6.07, 6.45) is 2.10. The van der Waals surface area contributed by atoms with Gasteiger partial charge in [0.1, 0.15) is 0 Å². The lowest BCUT2D eigenvalue weighted by atomic mass is 9.95. The van der Waals surface area contributed by atoms with Crippen LogP contribution in [0, 0.1) is 0 Å². The second-order valence-corrected chi connectivity index (χ2v) is 6.13. The van der Waals surface area contributed by atoms with Crippen LogP contribution in [0.1, 0.15) is 43.1 Å². The van der Waals surface area contributed by atoms with Crippen molar-refractivity contribution in [2.45, 2.75) is 39.2 Å². The minimum atomic E-state index is 0.00752. The van der Waals surface area contributed by atoms with E-state index in [-0.39, 0.29) is 11.3 Å². The summed E-state index contributed by atoms with van der Waals surface area (Å²) in [5.74, 6) is 0.102. The Kier molecular flexibility index (Phi) is 4.79. The molecule has 0 aromatic heterocycles. The fourth-order valence-electron chi connectivity index (χ4n) is 2.34. The molecule has 0 unspecified atom stereocenters. The van der Waals surface area contributed by atoms with Gasteiger partial charge >= 0.3 is 0 Å². The van der Waals surface area contributed by atoms with E-state index in [1.165, 1.54) is 5.56 Å². The molecule has 2 aromatic carbocycles. The summed E-state index contributed by atoms with van der Waals surface area (Å²) in [6.45, 7) is 6.00. The Bertz CT molecular complexity index is 585. The predicted octanol–water partition coefficient (Wildman–Crippen LogP) is 4.71. The van der Waals surface area contributed by atoms with Crippen LogP contribution in [0.25, 0.3) is 0 Å². The number of carbonyl (C=O) groups excluding carboxylic acids is 1. The molecular weight excluding hydrogens is 258 g/mol. The Labute approximate surface area is 127 Å². The van der Waals surface area contributed by atoms with Crippen molar-refractivity contribution in [3.63, 3.8) is 0 Å². The highest BCUT2D eigenvalue weighted by atomic mass is 16.1. The first-order valence-corrected chi connectivity index (χ1v) is 7.39. The monoisotopic (exact) mass is 281 g/mol. The Morgan fingerprint density at radius 1 is 1.00 bits per heavy atom. The number of hydrogen-bond acceptors (Lipinski definition) is 2. The van der Waals surface area contributed by atoms with Gasteiger partial charge in [-0.05, 0) is 63.4 Å². The molecule has 0 heterocycles. The topological polar surface area (TPSA) is 29.1 Å². The number of nitrogens with one attached hydrogen (secondary N) is 1. The van der Waals surface area contributed by atoms with Gasteiger partial charge in [0.05, 0.1) is 0 Å². The molecule has 0 bridgehead atoms. The van der Waals surface area contributed by atoms with Gasteiger partial charge in [-0.1, -0.05) is 30.3 Å². The number of benzene rings is 2. The van der Waals surface area contributed by atoms with Gasteiger partial charge in [-0.25, -0.2) is 0 Å². The van der Waals surface area contributed by atoms with Crippen LogP contribution in [0.5, 0.6) is 0 Å². The van der Waals surface area contributed by atoms with Gasteiger partial charge < -0.3 is 5.32 Å². The van der Waals surface area contributed by atoms with Crippen molar-refractivity contribution in [1.29, 1.82) is 0 Å². The van der Waals surface area contributed by atoms with Gasteiger partial charge in [0.25, 0.3) is 0 Å². The number of carbonyl (C=O) groups is 1. The van der Waals surface area contributed by atoms with Gasteiger partial charge in [-0.3, -0.25) is 4.79 Å². The quantitative estimate of drug-likeness (QED) is 0.777. The Balaban J connectivity index is 1.95. The highest BCUT2D eigenvalue weighted by molar-refractivity contribution is 5.94. The minimum absolute atomic E-state index is 0.00752. The summed E-state index contributed by atoms with van der Waals surface area (Å²) in [5, 5.41) is 3.54. The highest BCUT2D eigenvalue weighted by Crippen LogP contribution is 2.21. The SMILES string of the molecule is CC(=O)c1ccc(NC(C)(C)CCc2ccccc2)cc1. The second-order valence-electron chi connectivity index (χ2n) is 6.13. The van der Waals surface area contributed by atoms with E-state index in [1.807, 2.05) is 30.3 Å². The predicted molar refractivity (Wildman–Crippen MR) is 88.9 cm³/mol. The number of Topliss-reactive ketones (excluding diaryl/α,β-unsaturated/α-hetero) is 1. The Hall–Kier alpha value is -2.09. The van der Waals surface area contributed by atoms with Crippen LogP contribution in [0.3, 0.4) is 0 Å². The molecule has 110 valence electrons. The molecule has 0 aliphatic heterocycles. The van der Waals surface area contributed by atoms with E-state index in [0.717, 1.165) is 24.1 Å². The molecule has 0 fully saturated rings. The smallest absolute Gasteiger partial charge is 0.159 e. The zero-order valence-corrected chi connectivity index (χ0v) is 13.0. The third kappa shape index (κ3) is 4.75. The van der Waals surface area contributed by atoms with E-state index < -0.39 is 0 Å². The molecule has 0 saturated heterocycles.